The summed E-state index contributed by atoms with van der Waals surface area (Å²) < 4.78 is 0. The second-order valence-corrected chi connectivity index (χ2v) is 3.60. The van der Waals surface area contributed by atoms with Crippen LogP contribution in [0.15, 0.2) is 48.5 Å². The van der Waals surface area contributed by atoms with Crippen LogP contribution in [-0.2, 0) is 0 Å². The molecule has 0 bridgehead atoms. The zero-order chi connectivity index (χ0) is 15.1. The predicted molar refractivity (Wildman–Crippen MR) is 77.2 cm³/mol. The van der Waals surface area contributed by atoms with Crippen LogP contribution in [0.5, 0.6) is 11.5 Å². The molecule has 0 atom stereocenters. The van der Waals surface area contributed by atoms with Crippen LogP contribution in [0.1, 0.15) is 20.7 Å². The maximum atomic E-state index is 10.7. The fourth-order valence-electron chi connectivity index (χ4n) is 1.29. The molecular weight excluding hydrogens is 313 g/mol. The van der Waals surface area contributed by atoms with Gasteiger partial charge in [-0.2, -0.15) is 0 Å². The first kappa shape index (κ1) is 22.8. The molecule has 0 saturated carbocycles. The van der Waals surface area contributed by atoms with Crippen LogP contribution in [0.25, 0.3) is 0 Å². The van der Waals surface area contributed by atoms with Crippen LogP contribution in [0.3, 0.4) is 0 Å². The molecule has 22 heavy (non-hydrogen) atoms. The molecule has 0 saturated heterocycles. The summed E-state index contributed by atoms with van der Waals surface area (Å²) in [6.07, 6.45) is 0. The summed E-state index contributed by atoms with van der Waals surface area (Å²) >= 11 is 0. The van der Waals surface area contributed by atoms with Gasteiger partial charge in [0.15, 0.2) is 0 Å². The standard InChI is InChI=1S/2C7H6O3.2Mg/c2*8-6-4-2-1-3-5(6)7(9)10;;/h2*1-4,8H,(H,9,10);;/q;;2*+2/p-2. The van der Waals surface area contributed by atoms with E-state index in [1.807, 2.05) is 0 Å². The van der Waals surface area contributed by atoms with Gasteiger partial charge in [-0.1, -0.05) is 47.9 Å². The fraction of sp³-hybridized carbons (Fsp3) is 0. The predicted octanol–water partition coefficient (Wildman–Crippen LogP) is 0.155. The van der Waals surface area contributed by atoms with Gasteiger partial charge < -0.3 is 20.4 Å². The van der Waals surface area contributed by atoms with Crippen molar-refractivity contribution >= 4 is 58.0 Å². The molecule has 2 aromatic rings. The Morgan fingerprint density at radius 1 is 0.682 bits per heavy atom. The quantitative estimate of drug-likeness (QED) is 0.759. The largest absolute Gasteiger partial charge is 2.00 e. The van der Waals surface area contributed by atoms with Crippen molar-refractivity contribution in [1.29, 1.82) is 0 Å². The second kappa shape index (κ2) is 11.1. The first-order valence-electron chi connectivity index (χ1n) is 5.42. The number of aromatic carboxylic acids is 2. The van der Waals surface area contributed by atoms with Crippen LogP contribution in [-0.4, -0.2) is 68.3 Å². The minimum atomic E-state index is -1.18. The Morgan fingerprint density at radius 2 is 0.955 bits per heavy atom. The molecule has 0 unspecified atom stereocenters. The molecule has 0 spiro atoms. The average molecular weight is 323 g/mol. The van der Waals surface area contributed by atoms with E-state index in [0.29, 0.717) is 0 Å². The number of rotatable bonds is 2. The minimum Gasteiger partial charge on any atom is -0.872 e. The fourth-order valence-corrected chi connectivity index (χ4v) is 1.29. The van der Waals surface area contributed by atoms with Gasteiger partial charge in [0.05, 0.1) is 11.1 Å². The molecule has 2 N–H and O–H groups in total. The Labute approximate surface area is 158 Å². The van der Waals surface area contributed by atoms with Crippen LogP contribution in [0.2, 0.25) is 0 Å². The van der Waals surface area contributed by atoms with Gasteiger partial charge in [0.2, 0.25) is 0 Å². The monoisotopic (exact) mass is 322 g/mol. The third kappa shape index (κ3) is 6.98. The number of hydrogen-bond acceptors (Lipinski definition) is 4. The molecule has 0 aliphatic carbocycles. The molecule has 0 aromatic heterocycles. The van der Waals surface area contributed by atoms with Crippen LogP contribution < -0.4 is 10.2 Å². The zero-order valence-corrected chi connectivity index (χ0v) is 14.4. The van der Waals surface area contributed by atoms with E-state index in [-0.39, 0.29) is 57.2 Å². The van der Waals surface area contributed by atoms with Crippen molar-refractivity contribution in [3.63, 3.8) is 0 Å². The number of hydrogen-bond donors (Lipinski definition) is 2. The Hall–Kier alpha value is -1.49. The number of carbonyl (C=O) groups is 2. The zero-order valence-electron chi connectivity index (χ0n) is 11.6. The molecule has 0 heterocycles. The molecule has 0 amide bonds. The maximum Gasteiger partial charge on any atom is 2.00 e. The summed E-state index contributed by atoms with van der Waals surface area (Å²) in [4.78, 5) is 20.4. The minimum absolute atomic E-state index is 0. The summed E-state index contributed by atoms with van der Waals surface area (Å²) in [5, 5.41) is 38.1. The Kier molecular flexibility index (Phi) is 11.5. The smallest absolute Gasteiger partial charge is 0.872 e. The summed E-state index contributed by atoms with van der Waals surface area (Å²) in [5.41, 5.74) is -0.356. The summed E-state index contributed by atoms with van der Waals surface area (Å²) in [6.45, 7) is 0. The third-order valence-electron chi connectivity index (χ3n) is 2.23. The van der Waals surface area contributed by atoms with E-state index < -0.39 is 23.4 Å². The summed E-state index contributed by atoms with van der Waals surface area (Å²) in [6, 6.07) is 11.1. The second-order valence-electron chi connectivity index (χ2n) is 3.60. The van der Waals surface area contributed by atoms with Crippen molar-refractivity contribution in [2.45, 2.75) is 0 Å². The van der Waals surface area contributed by atoms with Gasteiger partial charge in [0.1, 0.15) is 0 Å². The van der Waals surface area contributed by atoms with Gasteiger partial charge in [-0.3, -0.25) is 0 Å². The van der Waals surface area contributed by atoms with E-state index in [9.17, 15) is 19.8 Å². The first-order chi connectivity index (χ1) is 9.43. The van der Waals surface area contributed by atoms with Crippen molar-refractivity contribution in [2.24, 2.45) is 0 Å². The molecule has 6 nitrogen and oxygen atoms in total. The summed E-state index contributed by atoms with van der Waals surface area (Å²) in [5.74, 6) is -3.25. The molecule has 0 fully saturated rings. The van der Waals surface area contributed by atoms with Gasteiger partial charge in [-0.05, 0) is 12.1 Å². The SMILES string of the molecule is O=C(O)c1ccccc1[O-].O=C(O)c1ccccc1[O-].[Mg+2].[Mg+2]. The molecule has 2 aromatic carbocycles. The number of benzene rings is 2. The van der Waals surface area contributed by atoms with Gasteiger partial charge >= 0.3 is 58.0 Å². The van der Waals surface area contributed by atoms with E-state index in [1.54, 1.807) is 0 Å². The average Bonchev–Trinajstić information content (AvgIpc) is 2.40. The van der Waals surface area contributed by atoms with E-state index in [1.165, 1.54) is 48.5 Å². The maximum absolute atomic E-state index is 10.7. The van der Waals surface area contributed by atoms with Crippen LogP contribution >= 0.6 is 0 Å². The topological polar surface area (TPSA) is 121 Å². The third-order valence-corrected chi connectivity index (χ3v) is 2.23. The van der Waals surface area contributed by atoms with Crippen molar-refractivity contribution in [2.75, 3.05) is 0 Å². The molecule has 0 aliphatic heterocycles. The van der Waals surface area contributed by atoms with E-state index in [2.05, 4.69) is 0 Å². The molecule has 0 radical (unpaired) electrons. The summed E-state index contributed by atoms with van der Waals surface area (Å²) in [7, 11) is 0. The van der Waals surface area contributed by atoms with Crippen molar-refractivity contribution in [3.05, 3.63) is 59.7 Å². The number of para-hydroxylation sites is 2. The molecule has 104 valence electrons. The van der Waals surface area contributed by atoms with Crippen LogP contribution in [0, 0.1) is 0 Å². The number of carboxylic acids is 2. The van der Waals surface area contributed by atoms with Gasteiger partial charge in [-0.15, -0.1) is 0 Å². The molecule has 2 rings (SSSR count). The molecule has 0 aliphatic rings. The molecular formula is C14H10Mg2O6+2. The van der Waals surface area contributed by atoms with Crippen LogP contribution in [0.4, 0.5) is 0 Å². The van der Waals surface area contributed by atoms with E-state index >= 15 is 0 Å². The van der Waals surface area contributed by atoms with Crippen molar-refractivity contribution < 1.29 is 30.0 Å². The number of carboxylic acid groups (broad SMARTS) is 2. The van der Waals surface area contributed by atoms with Gasteiger partial charge in [-0.25, -0.2) is 9.59 Å². The van der Waals surface area contributed by atoms with E-state index in [4.69, 9.17) is 10.2 Å². The Balaban J connectivity index is 0. The van der Waals surface area contributed by atoms with E-state index in [0.717, 1.165) is 0 Å². The Morgan fingerprint density at radius 3 is 1.14 bits per heavy atom. The first-order valence-corrected chi connectivity index (χ1v) is 5.42. The van der Waals surface area contributed by atoms with Crippen molar-refractivity contribution in [3.8, 4) is 11.5 Å². The van der Waals surface area contributed by atoms with Crippen molar-refractivity contribution in [1.82, 2.24) is 0 Å². The molecule has 8 heteroatoms. The van der Waals surface area contributed by atoms with Gasteiger partial charge in [0, 0.05) is 0 Å². The normalized spacial score (nSPS) is 8.36. The Bertz CT molecular complexity index is 575. The van der Waals surface area contributed by atoms with Gasteiger partial charge in [0.25, 0.3) is 0 Å².